The van der Waals surface area contributed by atoms with Gasteiger partial charge in [-0.1, -0.05) is 207 Å². The molecule has 0 spiro atoms. The molecular weight excluding hydrogens is 977 g/mol. The summed E-state index contributed by atoms with van der Waals surface area (Å²) in [5.74, 6) is 2.82. The maximum absolute atomic E-state index is 4.53. The number of nitrogens with zero attached hydrogens (tertiary/aromatic N) is 2. The van der Waals surface area contributed by atoms with Crippen molar-refractivity contribution in [2.24, 2.45) is 0 Å². The Bertz CT molecular complexity index is 3360. The fraction of sp³-hybridized carbons (Fsp3) is 0.392. The van der Waals surface area contributed by atoms with Gasteiger partial charge < -0.3 is 9.80 Å². The lowest BCUT2D eigenvalue weighted by atomic mass is 9.70. The molecule has 4 unspecified atom stereocenters. The van der Waals surface area contributed by atoms with Gasteiger partial charge in [-0.3, -0.25) is 0 Å². The van der Waals surface area contributed by atoms with Crippen LogP contribution in [0.25, 0.3) is 27.8 Å². The topological polar surface area (TPSA) is 6.48 Å². The predicted octanol–water partition coefficient (Wildman–Crippen LogP) is 23.6. The summed E-state index contributed by atoms with van der Waals surface area (Å²) in [6, 6.07) is 45.6. The van der Waals surface area contributed by atoms with Crippen molar-refractivity contribution in [3.63, 3.8) is 0 Å². The predicted molar refractivity (Wildman–Crippen MR) is 351 cm³/mol. The molecule has 5 aliphatic carbocycles. The van der Waals surface area contributed by atoms with Crippen LogP contribution in [0.15, 0.2) is 182 Å². The molecule has 2 fully saturated rings. The van der Waals surface area contributed by atoms with Gasteiger partial charge in [0.05, 0.1) is 5.69 Å². The third-order valence-electron chi connectivity index (χ3n) is 19.9. The number of hydrogen-bond donors (Lipinski definition) is 0. The molecule has 6 aromatic carbocycles. The third kappa shape index (κ3) is 10.9. The molecule has 0 radical (unpaired) electrons. The molecule has 81 heavy (non-hydrogen) atoms. The second-order valence-corrected chi connectivity index (χ2v) is 24.9. The van der Waals surface area contributed by atoms with Crippen LogP contribution in [0.5, 0.6) is 0 Å². The number of anilines is 4. The van der Waals surface area contributed by atoms with Crippen molar-refractivity contribution < 1.29 is 0 Å². The largest absolute Gasteiger partial charge is 0.310 e. The summed E-state index contributed by atoms with van der Waals surface area (Å²) in [6.45, 7) is 22.6. The van der Waals surface area contributed by atoms with E-state index >= 15 is 0 Å². The highest BCUT2D eigenvalue weighted by molar-refractivity contribution is 5.93. The van der Waals surface area contributed by atoms with Crippen molar-refractivity contribution in [3.8, 4) is 22.3 Å². The van der Waals surface area contributed by atoms with Crippen molar-refractivity contribution >= 4 is 28.3 Å². The Morgan fingerprint density at radius 2 is 1.10 bits per heavy atom. The Kier molecular flexibility index (Phi) is 17.5. The molecule has 0 aliphatic heterocycles. The van der Waals surface area contributed by atoms with E-state index in [1.165, 1.54) is 194 Å². The second kappa shape index (κ2) is 25.2. The Morgan fingerprint density at radius 1 is 0.543 bits per heavy atom. The minimum atomic E-state index is -0.191. The minimum absolute atomic E-state index is 0.191. The maximum Gasteiger partial charge on any atom is 0.0540 e. The van der Waals surface area contributed by atoms with Gasteiger partial charge >= 0.3 is 0 Å². The molecule has 2 nitrogen and oxygen atoms in total. The van der Waals surface area contributed by atoms with E-state index in [1.807, 2.05) is 6.08 Å². The summed E-state index contributed by atoms with van der Waals surface area (Å²) in [5.41, 5.74) is 27.0. The average Bonchev–Trinajstić information content (AvgIpc) is 4.43. The molecule has 0 amide bonds. The third-order valence-corrected chi connectivity index (χ3v) is 19.9. The van der Waals surface area contributed by atoms with Gasteiger partial charge in [0.2, 0.25) is 0 Å². The van der Waals surface area contributed by atoms with Gasteiger partial charge in [-0.15, -0.1) is 0 Å². The number of unbranched alkanes of at least 4 members (excludes halogenated alkanes) is 10. The van der Waals surface area contributed by atoms with Crippen LogP contribution in [-0.2, 0) is 5.41 Å². The molecule has 6 aromatic rings. The van der Waals surface area contributed by atoms with Crippen LogP contribution < -0.4 is 9.80 Å². The van der Waals surface area contributed by atoms with Gasteiger partial charge in [-0.2, -0.15) is 0 Å². The fourth-order valence-corrected chi connectivity index (χ4v) is 16.3. The van der Waals surface area contributed by atoms with Gasteiger partial charge in [-0.05, 0) is 224 Å². The van der Waals surface area contributed by atoms with Crippen LogP contribution in [0, 0.1) is 13.8 Å². The monoisotopic (exact) mass is 1070 g/mol. The molecule has 0 heterocycles. The number of benzene rings is 6. The number of para-hydroxylation sites is 2. The van der Waals surface area contributed by atoms with E-state index in [-0.39, 0.29) is 5.41 Å². The highest BCUT2D eigenvalue weighted by Gasteiger charge is 2.44. The summed E-state index contributed by atoms with van der Waals surface area (Å²) >= 11 is 0. The first kappa shape index (κ1) is 56.2. The fourth-order valence-electron chi connectivity index (χ4n) is 16.3. The summed E-state index contributed by atoms with van der Waals surface area (Å²) in [4.78, 5) is 5.09. The Labute approximate surface area is 489 Å². The number of allylic oxidation sites excluding steroid dienone is 8. The number of rotatable bonds is 26. The summed E-state index contributed by atoms with van der Waals surface area (Å²) in [7, 11) is 0. The van der Waals surface area contributed by atoms with E-state index in [2.05, 4.69) is 216 Å². The van der Waals surface area contributed by atoms with E-state index in [1.54, 1.807) is 22.3 Å². The molecule has 0 aromatic heterocycles. The SMILES string of the molecule is C=C/C=C(\C(=C/C)N(c1ccccc1)c1ccc2c(c1)C(CCCCCCCC)(CCCCCCCC)c1cc(N(/C(C=C)=C/C=C\C)c3ccccc3-c3cc(C)c4c(c3)C3CCC4C3)ccc1-2)c1cc(C)c2c(c1)C1CCC2C1. The molecule has 0 N–H and O–H groups in total. The summed E-state index contributed by atoms with van der Waals surface area (Å²) in [6.07, 6.45) is 40.7. The van der Waals surface area contributed by atoms with Crippen LogP contribution >= 0.6 is 0 Å². The first-order valence-electron chi connectivity index (χ1n) is 32.0. The molecule has 418 valence electrons. The van der Waals surface area contributed by atoms with E-state index in [9.17, 15) is 0 Å². The number of fused-ring (bicyclic) bond motifs is 13. The molecule has 5 aliphatic rings. The number of hydrogen-bond acceptors (Lipinski definition) is 2. The first-order valence-corrected chi connectivity index (χ1v) is 32.0. The lowest BCUT2D eigenvalue weighted by Gasteiger charge is -2.36. The zero-order valence-electron chi connectivity index (χ0n) is 50.3. The van der Waals surface area contributed by atoms with Gasteiger partial charge in [-0.25, -0.2) is 0 Å². The Balaban J connectivity index is 1.08. The van der Waals surface area contributed by atoms with Crippen LogP contribution in [-0.4, -0.2) is 0 Å². The normalized spacial score (nSPS) is 19.3. The van der Waals surface area contributed by atoms with Gasteiger partial charge in [0.1, 0.15) is 0 Å². The zero-order chi connectivity index (χ0) is 56.0. The average molecular weight is 1070 g/mol. The van der Waals surface area contributed by atoms with E-state index in [4.69, 9.17) is 0 Å². The highest BCUT2D eigenvalue weighted by atomic mass is 15.2. The van der Waals surface area contributed by atoms with Gasteiger partial charge in [0.25, 0.3) is 0 Å². The van der Waals surface area contributed by atoms with Crippen molar-refractivity contribution in [2.75, 3.05) is 9.80 Å². The molecular formula is C79H92N2. The molecule has 2 heteroatoms. The zero-order valence-corrected chi connectivity index (χ0v) is 50.3. The summed E-state index contributed by atoms with van der Waals surface area (Å²) < 4.78 is 0. The quantitative estimate of drug-likeness (QED) is 0.0395. The Hall–Kier alpha value is -6.64. The smallest absolute Gasteiger partial charge is 0.0540 e. The van der Waals surface area contributed by atoms with E-state index in [0.29, 0.717) is 11.8 Å². The summed E-state index contributed by atoms with van der Waals surface area (Å²) in [5, 5.41) is 0. The van der Waals surface area contributed by atoms with Crippen molar-refractivity contribution in [1.29, 1.82) is 0 Å². The lowest BCUT2D eigenvalue weighted by Crippen LogP contribution is -2.27. The first-order chi connectivity index (χ1) is 39.7. The molecule has 4 atom stereocenters. The van der Waals surface area contributed by atoms with Crippen molar-refractivity contribution in [1.82, 2.24) is 0 Å². The molecule has 2 saturated carbocycles. The second-order valence-electron chi connectivity index (χ2n) is 24.9. The van der Waals surface area contributed by atoms with Gasteiger partial charge in [0, 0.05) is 45.0 Å². The lowest BCUT2D eigenvalue weighted by molar-refractivity contribution is 0.398. The Morgan fingerprint density at radius 3 is 1.69 bits per heavy atom. The minimum Gasteiger partial charge on any atom is -0.310 e. The van der Waals surface area contributed by atoms with Crippen LogP contribution in [0.1, 0.15) is 230 Å². The van der Waals surface area contributed by atoms with E-state index in [0.717, 1.165) is 36.1 Å². The maximum atomic E-state index is 4.53. The van der Waals surface area contributed by atoms with E-state index < -0.39 is 0 Å². The standard InChI is InChI=1S/C79H92N2/c1-9-15-18-20-22-29-45-79(46-30-23-21-19-16-10-2)73-53-65(80(63(13-5)32-17-11-3)76-36-28-27-35-68(76)62-48-56(8)78-60-40-38-58(50-60)72(78)52-62)41-43-69(73)70-44-42-66(54-74(70)79)81(64-33-25-24-26-34-64)75(14-6)67(31-12-4)61-47-55(7)77-59-39-37-57(49-59)71(77)51-61/h11-14,17,24-28,31-36,41-44,47-48,51-54,57-60H,4-5,9-10,15-16,18-23,29-30,37-40,45-46,49-50H2,1-3,6-8H3/b17-11-,63-32+,67-31-,75-14+. The van der Waals surface area contributed by atoms with Crippen molar-refractivity contribution in [3.05, 3.63) is 232 Å². The molecule has 4 bridgehead atoms. The molecule has 11 rings (SSSR count). The van der Waals surface area contributed by atoms with Gasteiger partial charge in [0.15, 0.2) is 0 Å². The highest BCUT2D eigenvalue weighted by Crippen LogP contribution is 2.59. The van der Waals surface area contributed by atoms with Crippen molar-refractivity contribution in [2.45, 2.75) is 199 Å². The van der Waals surface area contributed by atoms with Crippen LogP contribution in [0.3, 0.4) is 0 Å². The molecule has 0 saturated heterocycles. The number of aryl methyl sites for hydroxylation is 2. The van der Waals surface area contributed by atoms with Crippen LogP contribution in [0.4, 0.5) is 22.7 Å². The van der Waals surface area contributed by atoms with Crippen LogP contribution in [0.2, 0.25) is 0 Å².